The zero-order valence-electron chi connectivity index (χ0n) is 17.6. The van der Waals surface area contributed by atoms with E-state index in [1.54, 1.807) is 29.2 Å². The van der Waals surface area contributed by atoms with Crippen LogP contribution in [0.4, 0.5) is 10.5 Å². The van der Waals surface area contributed by atoms with E-state index in [2.05, 4.69) is 10.1 Å². The van der Waals surface area contributed by atoms with Crippen molar-refractivity contribution in [2.45, 2.75) is 45.6 Å². The Morgan fingerprint density at radius 1 is 1.23 bits per heavy atom. The molecule has 162 valence electrons. The van der Waals surface area contributed by atoms with Crippen molar-refractivity contribution in [3.63, 3.8) is 0 Å². The Balaban J connectivity index is 1.92. The minimum atomic E-state index is -1.03. The average molecular weight is 417 g/mol. The van der Waals surface area contributed by atoms with E-state index >= 15 is 0 Å². The van der Waals surface area contributed by atoms with Gasteiger partial charge >= 0.3 is 12.1 Å². The summed E-state index contributed by atoms with van der Waals surface area (Å²) in [4.78, 5) is 40.2. The third kappa shape index (κ3) is 6.98. The second-order valence-corrected chi connectivity index (χ2v) is 8.16. The quantitative estimate of drug-likeness (QED) is 0.274. The number of carboxylic acid groups (broad SMARTS) is 1. The van der Waals surface area contributed by atoms with Crippen LogP contribution in [0.5, 0.6) is 0 Å². The summed E-state index contributed by atoms with van der Waals surface area (Å²) in [6.45, 7) is 6.46. The van der Waals surface area contributed by atoms with E-state index in [1.807, 2.05) is 20.8 Å². The predicted molar refractivity (Wildman–Crippen MR) is 112 cm³/mol. The maximum Gasteiger partial charge on any atom is 0.410 e. The number of rotatable bonds is 6. The number of ketones is 1. The Bertz CT molecular complexity index is 832. The number of amides is 1. The minimum absolute atomic E-state index is 0.0458. The number of nitrogens with two attached hydrogens (primary N) is 1. The monoisotopic (exact) mass is 417 g/mol. The normalized spacial score (nSPS) is 16.0. The van der Waals surface area contributed by atoms with Crippen molar-refractivity contribution in [3.05, 3.63) is 29.8 Å². The molecule has 0 aliphatic carbocycles. The Morgan fingerprint density at radius 2 is 1.83 bits per heavy atom. The van der Waals surface area contributed by atoms with Crippen LogP contribution in [0.15, 0.2) is 29.4 Å². The molecule has 1 heterocycles. The van der Waals surface area contributed by atoms with Crippen LogP contribution in [0.3, 0.4) is 0 Å². The summed E-state index contributed by atoms with van der Waals surface area (Å²) in [6, 6.07) is 6.90. The number of aliphatic carboxylic acids is 1. The number of nitrogens with one attached hydrogen (secondary N) is 1. The summed E-state index contributed by atoms with van der Waals surface area (Å²) in [6.07, 6.45) is 1.97. The number of Topliss-reactive ketones (excluding diaryl/α,β-unsaturated/α-hetero) is 1. The number of hydrazone groups is 1. The summed E-state index contributed by atoms with van der Waals surface area (Å²) in [5, 5.41) is 12.2. The van der Waals surface area contributed by atoms with Crippen LogP contribution in [0, 0.1) is 5.92 Å². The van der Waals surface area contributed by atoms with Gasteiger partial charge in [0.05, 0.1) is 6.42 Å². The van der Waals surface area contributed by atoms with Crippen LogP contribution in [0.1, 0.15) is 50.4 Å². The molecule has 9 nitrogen and oxygen atoms in total. The fourth-order valence-electron chi connectivity index (χ4n) is 3.07. The van der Waals surface area contributed by atoms with Crippen molar-refractivity contribution in [1.82, 2.24) is 4.90 Å². The van der Waals surface area contributed by atoms with Gasteiger partial charge in [-0.15, -0.1) is 0 Å². The van der Waals surface area contributed by atoms with Crippen LogP contribution in [-0.2, 0) is 9.53 Å². The molecule has 1 aromatic rings. The molecule has 9 heteroatoms. The van der Waals surface area contributed by atoms with Gasteiger partial charge in [0.15, 0.2) is 12.0 Å². The lowest BCUT2D eigenvalue weighted by Crippen LogP contribution is -2.63. The highest BCUT2D eigenvalue weighted by Gasteiger charge is 2.30. The van der Waals surface area contributed by atoms with Crippen molar-refractivity contribution in [2.24, 2.45) is 16.9 Å². The van der Waals surface area contributed by atoms with Crippen LogP contribution in [0.25, 0.3) is 0 Å². The van der Waals surface area contributed by atoms with Gasteiger partial charge in [-0.25, -0.2) is 9.79 Å². The van der Waals surface area contributed by atoms with Crippen molar-refractivity contribution in [2.75, 3.05) is 13.1 Å². The molecule has 0 bridgehead atoms. The molecule has 1 amide bonds. The zero-order chi connectivity index (χ0) is 22.3. The number of carboxylic acids is 1. The molecule has 0 atom stereocenters. The maximum absolute atomic E-state index is 12.8. The van der Waals surface area contributed by atoms with E-state index in [0.29, 0.717) is 37.2 Å². The lowest BCUT2D eigenvalue weighted by Gasteiger charge is -2.32. The van der Waals surface area contributed by atoms with Crippen LogP contribution in [0.2, 0.25) is 0 Å². The molecule has 0 radical (unpaired) electrons. The van der Waals surface area contributed by atoms with E-state index in [-0.39, 0.29) is 29.9 Å². The van der Waals surface area contributed by atoms with Crippen LogP contribution < -0.4 is 10.8 Å². The van der Waals surface area contributed by atoms with E-state index in [0.717, 1.165) is 0 Å². The van der Waals surface area contributed by atoms with Crippen molar-refractivity contribution in [1.29, 1.82) is 0 Å². The zero-order valence-corrected chi connectivity index (χ0v) is 17.6. The molecule has 0 saturated carbocycles. The molecule has 1 aromatic carbocycles. The predicted octanol–water partition coefficient (Wildman–Crippen LogP) is 1.09. The first-order valence-electron chi connectivity index (χ1n) is 9.79. The Hall–Kier alpha value is -3.23. The molecular formula is C21H29N4O5+. The summed E-state index contributed by atoms with van der Waals surface area (Å²) < 4.78 is 5.38. The van der Waals surface area contributed by atoms with E-state index < -0.39 is 11.6 Å². The molecule has 4 N–H and O–H groups in total. The molecule has 1 saturated heterocycles. The summed E-state index contributed by atoms with van der Waals surface area (Å²) >= 11 is 0. The van der Waals surface area contributed by atoms with Gasteiger partial charge in [-0.05, 0) is 45.7 Å². The molecule has 0 aromatic heterocycles. The van der Waals surface area contributed by atoms with Crippen molar-refractivity contribution >= 4 is 35.5 Å². The van der Waals surface area contributed by atoms with E-state index in [1.165, 1.54) is 6.21 Å². The number of carbonyl (C=O) groups excluding carboxylic acids is 2. The third-order valence-electron chi connectivity index (χ3n) is 4.59. The number of benzene rings is 1. The standard InChI is InChI=1S/C21H28N4O5/c1-21(2,3)30-20(29)25-10-8-15(9-11-25)19(28)14-4-6-16(7-5-14)23-13-17(24-22)12-18(26)27/h4-7,13,15H,8-12,22H2,1-3H3,(H,26,27)/p+1. The van der Waals surface area contributed by atoms with Gasteiger partial charge in [0.25, 0.3) is 0 Å². The van der Waals surface area contributed by atoms with E-state index in [4.69, 9.17) is 15.7 Å². The van der Waals surface area contributed by atoms with Gasteiger partial charge in [0.1, 0.15) is 11.3 Å². The SMILES string of the molecule is CC(C)(C)OC(=O)N1CCC(C(=O)c2ccc([NH+]=CC(CC(=O)O)=NN)cc2)CC1. The number of ether oxygens (including phenoxy) is 1. The van der Waals surface area contributed by atoms with Gasteiger partial charge in [-0.3, -0.25) is 9.59 Å². The fraction of sp³-hybridized carbons (Fsp3) is 0.476. The van der Waals surface area contributed by atoms with Gasteiger partial charge in [-0.2, -0.15) is 5.10 Å². The topological polar surface area (TPSA) is 136 Å². The minimum Gasteiger partial charge on any atom is -0.481 e. The van der Waals surface area contributed by atoms with Gasteiger partial charge < -0.3 is 20.6 Å². The summed E-state index contributed by atoms with van der Waals surface area (Å²) in [7, 11) is 0. The first-order chi connectivity index (χ1) is 14.1. The number of nitrogens with zero attached hydrogens (tertiary/aromatic N) is 2. The smallest absolute Gasteiger partial charge is 0.410 e. The molecule has 1 aliphatic heterocycles. The maximum atomic E-state index is 12.8. The summed E-state index contributed by atoms with van der Waals surface area (Å²) in [5.74, 6) is 4.04. The first-order valence-corrected chi connectivity index (χ1v) is 9.79. The van der Waals surface area contributed by atoms with Gasteiger partial charge in [0.2, 0.25) is 5.69 Å². The molecule has 30 heavy (non-hydrogen) atoms. The van der Waals surface area contributed by atoms with Crippen molar-refractivity contribution < 1.29 is 29.2 Å². The van der Waals surface area contributed by atoms with Gasteiger partial charge in [-0.1, -0.05) is 0 Å². The molecule has 1 aliphatic rings. The number of hydrogen-bond donors (Lipinski definition) is 3. The number of hydrogen-bond acceptors (Lipinski definition) is 6. The Labute approximate surface area is 175 Å². The second kappa shape index (κ2) is 10.00. The molecule has 1 fully saturated rings. The molecule has 0 unspecified atom stereocenters. The lowest BCUT2D eigenvalue weighted by atomic mass is 9.89. The third-order valence-corrected chi connectivity index (χ3v) is 4.59. The molecule has 0 spiro atoms. The first kappa shape index (κ1) is 23.1. The lowest BCUT2D eigenvalue weighted by molar-refractivity contribution is -0.345. The second-order valence-electron chi connectivity index (χ2n) is 8.16. The van der Waals surface area contributed by atoms with Gasteiger partial charge in [0, 0.05) is 36.7 Å². The number of likely N-dealkylation sites (tertiary alicyclic amines) is 1. The van der Waals surface area contributed by atoms with E-state index in [9.17, 15) is 14.4 Å². The highest BCUT2D eigenvalue weighted by atomic mass is 16.6. The Morgan fingerprint density at radius 3 is 2.33 bits per heavy atom. The molecule has 2 rings (SSSR count). The molecular weight excluding hydrogens is 388 g/mol. The highest BCUT2D eigenvalue weighted by molar-refractivity contribution is 6.32. The summed E-state index contributed by atoms with van der Waals surface area (Å²) in [5.41, 5.74) is 0.924. The van der Waals surface area contributed by atoms with Crippen LogP contribution in [-0.4, -0.2) is 58.5 Å². The largest absolute Gasteiger partial charge is 0.481 e. The van der Waals surface area contributed by atoms with Crippen LogP contribution >= 0.6 is 0 Å². The number of carbonyl (C=O) groups is 3. The fourth-order valence-corrected chi connectivity index (χ4v) is 3.07. The Kier molecular flexibility index (Phi) is 7.68. The highest BCUT2D eigenvalue weighted by Crippen LogP contribution is 2.23. The number of piperidine rings is 1. The van der Waals surface area contributed by atoms with Crippen molar-refractivity contribution in [3.8, 4) is 0 Å². The average Bonchev–Trinajstić information content (AvgIpc) is 2.69.